The molecular formula is C21H26BrN5O2. The molecule has 0 saturated carbocycles. The van der Waals surface area contributed by atoms with Gasteiger partial charge in [0, 0.05) is 24.1 Å². The number of nitrogens with one attached hydrogen (secondary N) is 1. The number of aromatic amines is 1. The molecule has 1 aromatic carbocycles. The van der Waals surface area contributed by atoms with Crippen LogP contribution in [-0.2, 0) is 20.1 Å². The van der Waals surface area contributed by atoms with Crippen LogP contribution in [0.25, 0.3) is 11.2 Å². The molecule has 2 aromatic heterocycles. The number of unbranched alkanes of at least 4 members (excludes halogenated alkanes) is 1. The Morgan fingerprint density at radius 3 is 2.90 bits per heavy atom. The molecular weight excluding hydrogens is 434 g/mol. The van der Waals surface area contributed by atoms with E-state index >= 15 is 0 Å². The van der Waals surface area contributed by atoms with E-state index in [4.69, 9.17) is 4.98 Å². The van der Waals surface area contributed by atoms with Gasteiger partial charge in [-0.1, -0.05) is 41.4 Å². The van der Waals surface area contributed by atoms with Crippen molar-refractivity contribution >= 4 is 27.1 Å². The van der Waals surface area contributed by atoms with Gasteiger partial charge in [0.05, 0.1) is 6.54 Å². The van der Waals surface area contributed by atoms with Gasteiger partial charge in [0.25, 0.3) is 5.56 Å². The van der Waals surface area contributed by atoms with Crippen molar-refractivity contribution in [2.45, 2.75) is 51.7 Å². The molecule has 0 radical (unpaired) electrons. The fraction of sp³-hybridized carbons (Fsp3) is 0.476. The van der Waals surface area contributed by atoms with Crippen LogP contribution in [0.2, 0.25) is 0 Å². The van der Waals surface area contributed by atoms with Crippen molar-refractivity contribution in [2.24, 2.45) is 7.05 Å². The summed E-state index contributed by atoms with van der Waals surface area (Å²) in [4.78, 5) is 34.4. The van der Waals surface area contributed by atoms with Crippen LogP contribution in [0.3, 0.4) is 0 Å². The summed E-state index contributed by atoms with van der Waals surface area (Å²) in [5.41, 5.74) is 1.49. The van der Waals surface area contributed by atoms with Crippen LogP contribution >= 0.6 is 15.9 Å². The summed E-state index contributed by atoms with van der Waals surface area (Å²) >= 11 is 3.57. The number of fused-ring (bicyclic) bond motifs is 1. The first-order valence-electron chi connectivity index (χ1n) is 10.2. The Morgan fingerprint density at radius 1 is 1.31 bits per heavy atom. The number of likely N-dealkylation sites (tertiary alicyclic amines) is 1. The lowest BCUT2D eigenvalue weighted by Crippen LogP contribution is -2.31. The van der Waals surface area contributed by atoms with Crippen LogP contribution in [-0.4, -0.2) is 30.5 Å². The third-order valence-corrected chi connectivity index (χ3v) is 6.28. The fourth-order valence-corrected chi connectivity index (χ4v) is 4.66. The Hall–Kier alpha value is -2.19. The van der Waals surface area contributed by atoms with E-state index in [0.717, 1.165) is 42.5 Å². The molecule has 3 heterocycles. The Morgan fingerprint density at radius 2 is 2.14 bits per heavy atom. The summed E-state index contributed by atoms with van der Waals surface area (Å²) in [5, 5.41) is 0. The molecule has 1 N–H and O–H groups in total. The number of hydrogen-bond acceptors (Lipinski definition) is 4. The Bertz CT molecular complexity index is 1150. The SMILES string of the molecule is CCCCn1c(=O)[nH]c(=O)c2c1nc(CN1CCCC1c1cccc(Br)c1)n2C. The van der Waals surface area contributed by atoms with Crippen LogP contribution in [0.1, 0.15) is 50.0 Å². The molecule has 1 fully saturated rings. The molecule has 0 amide bonds. The smallest absolute Gasteiger partial charge is 0.324 e. The molecule has 1 saturated heterocycles. The van der Waals surface area contributed by atoms with Gasteiger partial charge >= 0.3 is 5.69 Å². The molecule has 8 heteroatoms. The maximum absolute atomic E-state index is 12.5. The van der Waals surface area contributed by atoms with Gasteiger partial charge in [0.15, 0.2) is 11.2 Å². The summed E-state index contributed by atoms with van der Waals surface area (Å²) in [7, 11) is 1.86. The van der Waals surface area contributed by atoms with Crippen LogP contribution < -0.4 is 11.2 Å². The van der Waals surface area contributed by atoms with Crippen molar-refractivity contribution in [3.8, 4) is 0 Å². The number of aromatic nitrogens is 4. The van der Waals surface area contributed by atoms with E-state index in [1.807, 2.05) is 17.7 Å². The summed E-state index contributed by atoms with van der Waals surface area (Å²) in [5.74, 6) is 0.809. The van der Waals surface area contributed by atoms with Crippen molar-refractivity contribution in [2.75, 3.05) is 6.54 Å². The molecule has 1 aliphatic heterocycles. The number of halogens is 1. The van der Waals surface area contributed by atoms with Gasteiger partial charge in [0.2, 0.25) is 0 Å². The van der Waals surface area contributed by atoms with Crippen LogP contribution in [0.4, 0.5) is 0 Å². The number of hydrogen-bond donors (Lipinski definition) is 1. The predicted octanol–water partition coefficient (Wildman–Crippen LogP) is 3.32. The zero-order chi connectivity index (χ0) is 20.5. The van der Waals surface area contributed by atoms with E-state index in [2.05, 4.69) is 50.9 Å². The molecule has 1 aliphatic rings. The van der Waals surface area contributed by atoms with Gasteiger partial charge in [0.1, 0.15) is 5.82 Å². The number of H-pyrrole nitrogens is 1. The zero-order valence-electron chi connectivity index (χ0n) is 16.8. The lowest BCUT2D eigenvalue weighted by Gasteiger charge is -2.24. The monoisotopic (exact) mass is 459 g/mol. The van der Waals surface area contributed by atoms with Crippen molar-refractivity contribution in [1.29, 1.82) is 0 Å². The van der Waals surface area contributed by atoms with Gasteiger partial charge in [-0.2, -0.15) is 0 Å². The standard InChI is InChI=1S/C21H26BrN5O2/c1-3-4-11-27-19-18(20(28)24-21(27)29)25(2)17(23-19)13-26-10-6-9-16(26)14-7-5-8-15(22)12-14/h5,7-8,12,16H,3-4,6,9-11,13H2,1-2H3,(H,24,28,29). The summed E-state index contributed by atoms with van der Waals surface area (Å²) in [6.07, 6.45) is 4.06. The highest BCUT2D eigenvalue weighted by Crippen LogP contribution is 2.34. The predicted molar refractivity (Wildman–Crippen MR) is 117 cm³/mol. The maximum Gasteiger partial charge on any atom is 0.330 e. The molecule has 0 aliphatic carbocycles. The number of nitrogens with zero attached hydrogens (tertiary/aromatic N) is 4. The minimum Gasteiger partial charge on any atom is -0.324 e. The van der Waals surface area contributed by atoms with Gasteiger partial charge in [-0.3, -0.25) is 19.2 Å². The Labute approximate surface area is 177 Å². The molecule has 154 valence electrons. The van der Waals surface area contributed by atoms with Gasteiger partial charge in [-0.15, -0.1) is 0 Å². The Balaban J connectivity index is 1.71. The normalized spacial score (nSPS) is 17.4. The first-order valence-corrected chi connectivity index (χ1v) is 11.0. The van der Waals surface area contributed by atoms with Crippen LogP contribution in [0, 0.1) is 0 Å². The average Bonchev–Trinajstić information content (AvgIpc) is 3.27. The highest BCUT2D eigenvalue weighted by Gasteiger charge is 2.28. The molecule has 0 bridgehead atoms. The molecule has 7 nitrogen and oxygen atoms in total. The second-order valence-electron chi connectivity index (χ2n) is 7.71. The lowest BCUT2D eigenvalue weighted by molar-refractivity contribution is 0.240. The van der Waals surface area contributed by atoms with E-state index in [9.17, 15) is 9.59 Å². The number of rotatable bonds is 6. The van der Waals surface area contributed by atoms with E-state index < -0.39 is 0 Å². The largest absolute Gasteiger partial charge is 0.330 e. The highest BCUT2D eigenvalue weighted by molar-refractivity contribution is 9.10. The molecule has 29 heavy (non-hydrogen) atoms. The average molecular weight is 460 g/mol. The topological polar surface area (TPSA) is 75.9 Å². The van der Waals surface area contributed by atoms with Gasteiger partial charge < -0.3 is 4.57 Å². The quantitative estimate of drug-likeness (QED) is 0.613. The van der Waals surface area contributed by atoms with E-state index in [0.29, 0.717) is 30.3 Å². The third kappa shape index (κ3) is 3.83. The van der Waals surface area contributed by atoms with Gasteiger partial charge in [-0.25, -0.2) is 9.78 Å². The maximum atomic E-state index is 12.5. The summed E-state index contributed by atoms with van der Waals surface area (Å²) < 4.78 is 4.52. The molecule has 0 spiro atoms. The van der Waals surface area contributed by atoms with E-state index in [1.54, 1.807) is 4.57 Å². The fourth-order valence-electron chi connectivity index (χ4n) is 4.24. The number of benzene rings is 1. The zero-order valence-corrected chi connectivity index (χ0v) is 18.4. The summed E-state index contributed by atoms with van der Waals surface area (Å²) in [6, 6.07) is 8.77. The van der Waals surface area contributed by atoms with Crippen LogP contribution in [0.15, 0.2) is 38.3 Å². The second kappa shape index (κ2) is 8.28. The molecule has 4 rings (SSSR count). The molecule has 3 aromatic rings. The van der Waals surface area contributed by atoms with Crippen molar-refractivity contribution in [3.63, 3.8) is 0 Å². The first kappa shape index (κ1) is 20.1. The number of aryl methyl sites for hydroxylation is 2. The number of imidazole rings is 1. The lowest BCUT2D eigenvalue weighted by atomic mass is 10.0. The van der Waals surface area contributed by atoms with Gasteiger partial charge in [-0.05, 0) is 43.5 Å². The van der Waals surface area contributed by atoms with E-state index in [1.165, 1.54) is 5.56 Å². The van der Waals surface area contributed by atoms with Crippen molar-refractivity contribution in [3.05, 3.63) is 61.0 Å². The minimum atomic E-state index is -0.381. The second-order valence-corrected chi connectivity index (χ2v) is 8.62. The third-order valence-electron chi connectivity index (χ3n) is 5.78. The minimum absolute atomic E-state index is 0.327. The van der Waals surface area contributed by atoms with Crippen LogP contribution in [0.5, 0.6) is 0 Å². The first-order chi connectivity index (χ1) is 14.0. The summed E-state index contributed by atoms with van der Waals surface area (Å²) in [6.45, 7) is 4.26. The van der Waals surface area contributed by atoms with E-state index in [-0.39, 0.29) is 11.2 Å². The van der Waals surface area contributed by atoms with Crippen molar-refractivity contribution < 1.29 is 0 Å². The molecule has 1 unspecified atom stereocenters. The van der Waals surface area contributed by atoms with Crippen molar-refractivity contribution in [1.82, 2.24) is 24.0 Å². The molecule has 1 atom stereocenters. The Kier molecular flexibility index (Phi) is 5.74. The highest BCUT2D eigenvalue weighted by atomic mass is 79.9.